The van der Waals surface area contributed by atoms with E-state index in [1.54, 1.807) is 11.1 Å². The Bertz CT molecular complexity index is 1510. The van der Waals surface area contributed by atoms with E-state index in [2.05, 4.69) is 48.8 Å². The van der Waals surface area contributed by atoms with Gasteiger partial charge in [0.25, 0.3) is 0 Å². The Morgan fingerprint density at radius 3 is 2.18 bits per heavy atom. The third kappa shape index (κ3) is 6.02. The van der Waals surface area contributed by atoms with E-state index in [4.69, 9.17) is 0 Å². The molecule has 1 fully saturated rings. The first kappa shape index (κ1) is 25.8. The standard InChI is InChI=1S/C30H30N6O3/c1-3-27-31-17-24(34-27)22-12-8-20(9-13-22)6-7-21-10-14-23(15-11-21)25-18-32-29(35-25)26-5-4-16-36(26)28(37)19-33-30(38)39-2/h8-15,17-18,26H,3-5,16,19H2,1-2H3,(H,31,34)(H,32,35)(H,33,38). The van der Waals surface area contributed by atoms with Gasteiger partial charge >= 0.3 is 6.09 Å². The number of nitrogens with one attached hydrogen (secondary N) is 3. The van der Waals surface area contributed by atoms with Gasteiger partial charge in [-0.1, -0.05) is 43.0 Å². The van der Waals surface area contributed by atoms with Crippen molar-refractivity contribution in [2.75, 3.05) is 20.2 Å². The summed E-state index contributed by atoms with van der Waals surface area (Å²) in [5.74, 6) is 8.00. The summed E-state index contributed by atoms with van der Waals surface area (Å²) in [7, 11) is 1.27. The van der Waals surface area contributed by atoms with Crippen molar-refractivity contribution in [2.24, 2.45) is 0 Å². The summed E-state index contributed by atoms with van der Waals surface area (Å²) in [6, 6.07) is 15.9. The van der Waals surface area contributed by atoms with E-state index in [1.807, 2.05) is 54.7 Å². The van der Waals surface area contributed by atoms with Crippen LogP contribution in [0.15, 0.2) is 60.9 Å². The lowest BCUT2D eigenvalue weighted by Crippen LogP contribution is -2.40. The van der Waals surface area contributed by atoms with E-state index in [1.165, 1.54) is 7.11 Å². The number of aromatic amines is 2. The number of rotatable bonds is 6. The number of benzene rings is 2. The summed E-state index contributed by atoms with van der Waals surface area (Å²) in [4.78, 5) is 41.3. The van der Waals surface area contributed by atoms with E-state index in [0.717, 1.165) is 64.6 Å². The first-order valence-electron chi connectivity index (χ1n) is 13.0. The highest BCUT2D eigenvalue weighted by molar-refractivity contribution is 5.82. The van der Waals surface area contributed by atoms with Gasteiger partial charge in [0.2, 0.25) is 5.91 Å². The lowest BCUT2D eigenvalue weighted by molar-refractivity contribution is -0.131. The van der Waals surface area contributed by atoms with Gasteiger partial charge in [-0.25, -0.2) is 14.8 Å². The van der Waals surface area contributed by atoms with Crippen molar-refractivity contribution in [2.45, 2.75) is 32.2 Å². The highest BCUT2D eigenvalue weighted by Crippen LogP contribution is 2.31. The van der Waals surface area contributed by atoms with Crippen LogP contribution in [-0.2, 0) is 16.0 Å². The molecule has 1 aliphatic rings. The second-order valence-corrected chi connectivity index (χ2v) is 9.27. The molecule has 198 valence electrons. The number of alkyl carbamates (subject to hydrolysis) is 1. The number of hydrogen-bond donors (Lipinski definition) is 3. The molecule has 0 saturated carbocycles. The minimum atomic E-state index is -0.624. The molecule has 2 amide bonds. The zero-order valence-corrected chi connectivity index (χ0v) is 22.0. The summed E-state index contributed by atoms with van der Waals surface area (Å²) >= 11 is 0. The summed E-state index contributed by atoms with van der Waals surface area (Å²) in [6.07, 6.45) is 5.59. The maximum atomic E-state index is 12.6. The number of amides is 2. The number of carbonyl (C=O) groups excluding carboxylic acids is 2. The van der Waals surface area contributed by atoms with Gasteiger partial charge in [-0.05, 0) is 48.2 Å². The second-order valence-electron chi connectivity index (χ2n) is 9.27. The maximum Gasteiger partial charge on any atom is 0.407 e. The molecular formula is C30H30N6O3. The van der Waals surface area contributed by atoms with Crippen LogP contribution in [0.4, 0.5) is 4.79 Å². The Labute approximate surface area is 227 Å². The molecule has 3 heterocycles. The molecule has 1 atom stereocenters. The van der Waals surface area contributed by atoms with Crippen LogP contribution in [0.1, 0.15) is 48.6 Å². The highest BCUT2D eigenvalue weighted by Gasteiger charge is 2.32. The number of aryl methyl sites for hydroxylation is 1. The summed E-state index contributed by atoms with van der Waals surface area (Å²) in [6.45, 7) is 2.60. The minimum Gasteiger partial charge on any atom is -0.453 e. The van der Waals surface area contributed by atoms with Gasteiger partial charge in [0.05, 0.1) is 36.9 Å². The van der Waals surface area contributed by atoms with Gasteiger partial charge in [0.15, 0.2) is 0 Å². The van der Waals surface area contributed by atoms with Crippen LogP contribution in [-0.4, -0.2) is 57.0 Å². The fourth-order valence-corrected chi connectivity index (χ4v) is 4.62. The van der Waals surface area contributed by atoms with E-state index in [-0.39, 0.29) is 18.5 Å². The number of aromatic nitrogens is 4. The van der Waals surface area contributed by atoms with Crippen LogP contribution < -0.4 is 5.32 Å². The van der Waals surface area contributed by atoms with Crippen LogP contribution in [0.3, 0.4) is 0 Å². The molecule has 0 aliphatic carbocycles. The van der Waals surface area contributed by atoms with Crippen molar-refractivity contribution < 1.29 is 14.3 Å². The predicted molar refractivity (Wildman–Crippen MR) is 148 cm³/mol. The fraction of sp³-hybridized carbons (Fsp3) is 0.267. The number of H-pyrrole nitrogens is 2. The molecule has 9 nitrogen and oxygen atoms in total. The Hall–Kier alpha value is -4.84. The average molecular weight is 523 g/mol. The van der Waals surface area contributed by atoms with E-state index < -0.39 is 6.09 Å². The Morgan fingerprint density at radius 2 is 1.59 bits per heavy atom. The second kappa shape index (κ2) is 11.7. The minimum absolute atomic E-state index is 0.104. The molecule has 1 unspecified atom stereocenters. The molecule has 2 aromatic carbocycles. The molecular weight excluding hydrogens is 492 g/mol. The third-order valence-electron chi connectivity index (χ3n) is 6.76. The number of hydrogen-bond acceptors (Lipinski definition) is 5. The molecule has 1 saturated heterocycles. The molecule has 0 bridgehead atoms. The van der Waals surface area contributed by atoms with Crippen molar-refractivity contribution >= 4 is 12.0 Å². The van der Waals surface area contributed by atoms with E-state index >= 15 is 0 Å². The van der Waals surface area contributed by atoms with Gasteiger partial charge in [-0.15, -0.1) is 0 Å². The van der Waals surface area contributed by atoms with Gasteiger partial charge < -0.3 is 24.9 Å². The van der Waals surface area contributed by atoms with Crippen LogP contribution in [0.2, 0.25) is 0 Å². The number of imidazole rings is 2. The molecule has 0 spiro atoms. The van der Waals surface area contributed by atoms with Gasteiger partial charge in [0.1, 0.15) is 18.2 Å². The number of carbonyl (C=O) groups is 2. The zero-order chi connectivity index (χ0) is 27.2. The molecule has 39 heavy (non-hydrogen) atoms. The van der Waals surface area contributed by atoms with Gasteiger partial charge in [-0.3, -0.25) is 4.79 Å². The Morgan fingerprint density at radius 1 is 0.974 bits per heavy atom. The summed E-state index contributed by atoms with van der Waals surface area (Å²) in [5, 5.41) is 2.45. The Balaban J connectivity index is 1.22. The van der Waals surface area contributed by atoms with Crippen LogP contribution in [0.25, 0.3) is 22.5 Å². The molecule has 9 heteroatoms. The molecule has 2 aromatic heterocycles. The Kier molecular flexibility index (Phi) is 7.73. The van der Waals surface area contributed by atoms with Crippen molar-refractivity contribution in [3.63, 3.8) is 0 Å². The number of methoxy groups -OCH3 is 1. The first-order valence-corrected chi connectivity index (χ1v) is 13.0. The highest BCUT2D eigenvalue weighted by atomic mass is 16.5. The first-order chi connectivity index (χ1) is 19.0. The lowest BCUT2D eigenvalue weighted by atomic mass is 10.1. The van der Waals surface area contributed by atoms with Gasteiger partial charge in [-0.2, -0.15) is 0 Å². The lowest BCUT2D eigenvalue weighted by Gasteiger charge is -2.23. The normalized spacial score (nSPS) is 14.5. The van der Waals surface area contributed by atoms with Crippen LogP contribution in [0, 0.1) is 11.8 Å². The molecule has 4 aromatic rings. The quantitative estimate of drug-likeness (QED) is 0.324. The number of ether oxygens (including phenoxy) is 1. The van der Waals surface area contributed by atoms with Crippen molar-refractivity contribution in [3.8, 4) is 34.4 Å². The summed E-state index contributed by atoms with van der Waals surface area (Å²) < 4.78 is 4.55. The van der Waals surface area contributed by atoms with Crippen molar-refractivity contribution in [1.29, 1.82) is 0 Å². The molecule has 1 aliphatic heterocycles. The molecule has 3 N–H and O–H groups in total. The zero-order valence-electron chi connectivity index (χ0n) is 22.0. The predicted octanol–water partition coefficient (Wildman–Crippen LogP) is 4.45. The molecule has 0 radical (unpaired) electrons. The number of likely N-dealkylation sites (tertiary alicyclic amines) is 1. The topological polar surface area (TPSA) is 116 Å². The van der Waals surface area contributed by atoms with Crippen molar-refractivity contribution in [1.82, 2.24) is 30.2 Å². The average Bonchev–Trinajstić information content (AvgIpc) is 3.76. The van der Waals surface area contributed by atoms with Crippen LogP contribution in [0.5, 0.6) is 0 Å². The SMILES string of the molecule is CCc1ncc(-c2ccc(C#Cc3ccc(-c4cnc(C5CCCN5C(=O)CNC(=O)OC)[nH]4)cc3)cc2)[nH]1. The van der Waals surface area contributed by atoms with Gasteiger partial charge in [0, 0.05) is 24.1 Å². The maximum absolute atomic E-state index is 12.6. The monoisotopic (exact) mass is 522 g/mol. The van der Waals surface area contributed by atoms with E-state index in [9.17, 15) is 9.59 Å². The number of nitrogens with zero attached hydrogens (tertiary/aromatic N) is 3. The fourth-order valence-electron chi connectivity index (χ4n) is 4.62. The van der Waals surface area contributed by atoms with E-state index in [0.29, 0.717) is 6.54 Å². The smallest absolute Gasteiger partial charge is 0.407 e. The largest absolute Gasteiger partial charge is 0.453 e. The molecule has 5 rings (SSSR count). The third-order valence-corrected chi connectivity index (χ3v) is 6.76. The van der Waals surface area contributed by atoms with Crippen LogP contribution >= 0.6 is 0 Å². The van der Waals surface area contributed by atoms with Crippen molar-refractivity contribution in [3.05, 3.63) is 83.7 Å². The summed E-state index contributed by atoms with van der Waals surface area (Å²) in [5.41, 5.74) is 5.80.